The maximum atomic E-state index is 12.0. The Labute approximate surface area is 117 Å². The first-order chi connectivity index (χ1) is 9.79. The number of pyridine rings is 1. The Morgan fingerprint density at radius 3 is 2.95 bits per heavy atom. The minimum Gasteiger partial charge on any atom is -0.468 e. The number of aromatic nitrogens is 1. The smallest absolute Gasteiger partial charge is 0.250 e. The molecule has 0 saturated carbocycles. The molecule has 0 amide bonds. The first-order valence-corrected chi connectivity index (χ1v) is 7.24. The van der Waals surface area contributed by atoms with Crippen LogP contribution in [-0.4, -0.2) is 22.6 Å². The number of rotatable bonds is 2. The van der Waals surface area contributed by atoms with Crippen molar-refractivity contribution in [3.63, 3.8) is 0 Å². The summed E-state index contributed by atoms with van der Waals surface area (Å²) in [7, 11) is 0. The van der Waals surface area contributed by atoms with Gasteiger partial charge in [0.1, 0.15) is 5.76 Å². The molecule has 0 spiro atoms. The van der Waals surface area contributed by atoms with E-state index in [-0.39, 0.29) is 5.56 Å². The van der Waals surface area contributed by atoms with Crippen LogP contribution in [0.15, 0.2) is 45.8 Å². The topological polar surface area (TPSA) is 38.4 Å². The molecule has 0 N–H and O–H groups in total. The van der Waals surface area contributed by atoms with Gasteiger partial charge < -0.3 is 8.98 Å². The zero-order chi connectivity index (χ0) is 13.5. The summed E-state index contributed by atoms with van der Waals surface area (Å²) in [6, 6.07) is 9.64. The largest absolute Gasteiger partial charge is 0.468 e. The molecule has 4 heteroatoms. The maximum absolute atomic E-state index is 12.0. The molecule has 1 fully saturated rings. The van der Waals surface area contributed by atoms with Crippen molar-refractivity contribution in [1.29, 1.82) is 0 Å². The molecule has 20 heavy (non-hydrogen) atoms. The van der Waals surface area contributed by atoms with Crippen molar-refractivity contribution in [2.24, 2.45) is 5.92 Å². The van der Waals surface area contributed by atoms with E-state index in [9.17, 15) is 4.79 Å². The molecular formula is C16H18N2O2. The van der Waals surface area contributed by atoms with Gasteiger partial charge in [-0.25, -0.2) is 0 Å². The molecule has 4 heterocycles. The van der Waals surface area contributed by atoms with Crippen LogP contribution >= 0.6 is 0 Å². The van der Waals surface area contributed by atoms with E-state index in [1.165, 1.54) is 12.1 Å². The first kappa shape index (κ1) is 12.0. The summed E-state index contributed by atoms with van der Waals surface area (Å²) in [6.45, 7) is 3.80. The van der Waals surface area contributed by atoms with E-state index < -0.39 is 0 Å². The molecule has 0 aromatic carbocycles. The van der Waals surface area contributed by atoms with E-state index in [0.717, 1.165) is 31.9 Å². The normalized spacial score (nSPS) is 25.4. The van der Waals surface area contributed by atoms with Gasteiger partial charge in [0.15, 0.2) is 0 Å². The molecule has 2 bridgehead atoms. The van der Waals surface area contributed by atoms with Crippen LogP contribution < -0.4 is 5.56 Å². The summed E-state index contributed by atoms with van der Waals surface area (Å²) in [5.74, 6) is 2.08. The predicted molar refractivity (Wildman–Crippen MR) is 75.5 cm³/mol. The Morgan fingerprint density at radius 1 is 1.15 bits per heavy atom. The number of nitrogens with zero attached hydrogens (tertiary/aromatic N) is 2. The van der Waals surface area contributed by atoms with Crippen molar-refractivity contribution < 1.29 is 4.42 Å². The van der Waals surface area contributed by atoms with Gasteiger partial charge in [-0.1, -0.05) is 6.07 Å². The van der Waals surface area contributed by atoms with Gasteiger partial charge in [0, 0.05) is 37.3 Å². The number of hydrogen-bond acceptors (Lipinski definition) is 3. The molecule has 0 radical (unpaired) electrons. The van der Waals surface area contributed by atoms with Gasteiger partial charge >= 0.3 is 0 Å². The van der Waals surface area contributed by atoms with E-state index >= 15 is 0 Å². The van der Waals surface area contributed by atoms with Crippen LogP contribution in [0, 0.1) is 5.92 Å². The van der Waals surface area contributed by atoms with Gasteiger partial charge in [-0.05, 0) is 30.5 Å². The predicted octanol–water partition coefficient (Wildman–Crippen LogP) is 2.06. The quantitative estimate of drug-likeness (QED) is 0.838. The minimum atomic E-state index is 0.150. The van der Waals surface area contributed by atoms with Crippen LogP contribution in [0.25, 0.3) is 0 Å². The standard InChI is InChI=1S/C16H18N2O2/c19-16-5-1-4-15-13-7-12(9-18(15)16)8-17(10-13)11-14-3-2-6-20-14/h1-6,12-13H,7-11H2/t12-,13-/m0/s1. The molecule has 0 aliphatic carbocycles. The number of likely N-dealkylation sites (tertiary alicyclic amines) is 1. The van der Waals surface area contributed by atoms with Crippen LogP contribution in [0.3, 0.4) is 0 Å². The zero-order valence-corrected chi connectivity index (χ0v) is 11.4. The minimum absolute atomic E-state index is 0.150. The molecule has 104 valence electrons. The lowest BCUT2D eigenvalue weighted by molar-refractivity contribution is 0.108. The van der Waals surface area contributed by atoms with Crippen LogP contribution in [0.4, 0.5) is 0 Å². The summed E-state index contributed by atoms with van der Waals surface area (Å²) >= 11 is 0. The second kappa shape index (κ2) is 4.63. The summed E-state index contributed by atoms with van der Waals surface area (Å²) in [5, 5.41) is 0. The third kappa shape index (κ3) is 2.00. The summed E-state index contributed by atoms with van der Waals surface area (Å²) < 4.78 is 7.43. The van der Waals surface area contributed by atoms with Crippen LogP contribution in [0.1, 0.15) is 23.8 Å². The highest BCUT2D eigenvalue weighted by molar-refractivity contribution is 5.17. The van der Waals surface area contributed by atoms with Crippen molar-refractivity contribution in [2.75, 3.05) is 13.1 Å². The van der Waals surface area contributed by atoms with Crippen molar-refractivity contribution in [3.8, 4) is 0 Å². The zero-order valence-electron chi connectivity index (χ0n) is 11.4. The molecule has 2 atom stereocenters. The van der Waals surface area contributed by atoms with E-state index in [1.54, 1.807) is 12.3 Å². The summed E-state index contributed by atoms with van der Waals surface area (Å²) in [5.41, 5.74) is 1.36. The van der Waals surface area contributed by atoms with E-state index in [1.807, 2.05) is 22.8 Å². The van der Waals surface area contributed by atoms with Gasteiger partial charge in [-0.15, -0.1) is 0 Å². The van der Waals surface area contributed by atoms with Crippen molar-refractivity contribution in [2.45, 2.75) is 25.4 Å². The molecule has 4 rings (SSSR count). The van der Waals surface area contributed by atoms with Gasteiger partial charge in [0.2, 0.25) is 0 Å². The van der Waals surface area contributed by atoms with Crippen molar-refractivity contribution in [3.05, 3.63) is 58.4 Å². The molecule has 4 nitrogen and oxygen atoms in total. The molecule has 0 unspecified atom stereocenters. The Kier molecular flexibility index (Phi) is 2.77. The van der Waals surface area contributed by atoms with Crippen molar-refractivity contribution in [1.82, 2.24) is 9.47 Å². The highest BCUT2D eigenvalue weighted by atomic mass is 16.3. The second-order valence-electron chi connectivity index (χ2n) is 5.97. The SMILES string of the molecule is O=c1cccc2n1C[C@H]1C[C@H]2CN(Cc2ccco2)C1. The average Bonchev–Trinajstić information content (AvgIpc) is 2.93. The fourth-order valence-electron chi connectivity index (χ4n) is 3.75. The lowest BCUT2D eigenvalue weighted by atomic mass is 9.83. The molecule has 1 saturated heterocycles. The fourth-order valence-corrected chi connectivity index (χ4v) is 3.75. The second-order valence-corrected chi connectivity index (χ2v) is 5.97. The van der Waals surface area contributed by atoms with E-state index in [0.29, 0.717) is 11.8 Å². The molecule has 2 aliphatic rings. The third-order valence-corrected chi connectivity index (χ3v) is 4.51. The van der Waals surface area contributed by atoms with E-state index in [2.05, 4.69) is 11.0 Å². The number of fused-ring (bicyclic) bond motifs is 4. The summed E-state index contributed by atoms with van der Waals surface area (Å²) in [4.78, 5) is 14.4. The van der Waals surface area contributed by atoms with Gasteiger partial charge in [-0.3, -0.25) is 9.69 Å². The number of furan rings is 1. The maximum Gasteiger partial charge on any atom is 0.250 e. The van der Waals surface area contributed by atoms with Gasteiger partial charge in [-0.2, -0.15) is 0 Å². The first-order valence-electron chi connectivity index (χ1n) is 7.24. The molecule has 2 aliphatic heterocycles. The average molecular weight is 270 g/mol. The Balaban J connectivity index is 1.60. The number of piperidine rings is 1. The lowest BCUT2D eigenvalue weighted by Gasteiger charge is -2.42. The highest BCUT2D eigenvalue weighted by Crippen LogP contribution is 2.35. The van der Waals surface area contributed by atoms with Crippen molar-refractivity contribution >= 4 is 0 Å². The van der Waals surface area contributed by atoms with Gasteiger partial charge in [0.25, 0.3) is 5.56 Å². The Bertz CT molecular complexity index is 659. The van der Waals surface area contributed by atoms with Crippen LogP contribution in [-0.2, 0) is 13.1 Å². The molecule has 2 aromatic heterocycles. The lowest BCUT2D eigenvalue weighted by Crippen LogP contribution is -2.46. The Hall–Kier alpha value is -1.81. The fraction of sp³-hybridized carbons (Fsp3) is 0.438. The highest BCUT2D eigenvalue weighted by Gasteiger charge is 2.34. The van der Waals surface area contributed by atoms with Gasteiger partial charge in [0.05, 0.1) is 12.8 Å². The monoisotopic (exact) mass is 270 g/mol. The van der Waals surface area contributed by atoms with Crippen LogP contribution in [0.2, 0.25) is 0 Å². The van der Waals surface area contributed by atoms with E-state index in [4.69, 9.17) is 4.42 Å². The van der Waals surface area contributed by atoms with Crippen LogP contribution in [0.5, 0.6) is 0 Å². The Morgan fingerprint density at radius 2 is 2.10 bits per heavy atom. The molecular weight excluding hydrogens is 252 g/mol. The summed E-state index contributed by atoms with van der Waals surface area (Å²) in [6.07, 6.45) is 2.94. The third-order valence-electron chi connectivity index (χ3n) is 4.51. The molecule has 2 aromatic rings. The number of hydrogen-bond donors (Lipinski definition) is 0.